The van der Waals surface area contributed by atoms with Crippen LogP contribution in [-0.2, 0) is 4.79 Å². The van der Waals surface area contributed by atoms with E-state index < -0.39 is 0 Å². The highest BCUT2D eigenvalue weighted by Crippen LogP contribution is 2.29. The van der Waals surface area contributed by atoms with E-state index in [9.17, 15) is 4.79 Å². The normalized spacial score (nSPS) is 14.2. The number of nitrogens with zero attached hydrogens (tertiary/aromatic N) is 1. The summed E-state index contributed by atoms with van der Waals surface area (Å²) >= 11 is 0. The monoisotopic (exact) mass is 270 g/mol. The summed E-state index contributed by atoms with van der Waals surface area (Å²) in [7, 11) is 0. The molecule has 1 aliphatic carbocycles. The van der Waals surface area contributed by atoms with Crippen LogP contribution < -0.4 is 16.4 Å². The zero-order chi connectivity index (χ0) is 13.9. The van der Waals surface area contributed by atoms with E-state index in [2.05, 4.69) is 15.6 Å². The zero-order valence-corrected chi connectivity index (χ0v) is 11.2. The van der Waals surface area contributed by atoms with Crippen molar-refractivity contribution < 1.29 is 4.79 Å². The maximum atomic E-state index is 11.5. The first-order valence-electron chi connectivity index (χ1n) is 6.89. The lowest BCUT2D eigenvalue weighted by Gasteiger charge is -2.11. The molecular weight excluding hydrogens is 252 g/mol. The summed E-state index contributed by atoms with van der Waals surface area (Å²) in [6, 6.07) is 5.77. The number of benzene rings is 1. The second kappa shape index (κ2) is 5.36. The van der Waals surface area contributed by atoms with Gasteiger partial charge in [0, 0.05) is 53.5 Å². The highest BCUT2D eigenvalue weighted by Gasteiger charge is 2.28. The molecular formula is C15H18N4O. The third-order valence-electron chi connectivity index (χ3n) is 3.54. The Morgan fingerprint density at radius 2 is 2.10 bits per heavy atom. The van der Waals surface area contributed by atoms with E-state index in [1.807, 2.05) is 18.2 Å². The standard InChI is InChI=1S/C15H18N4O/c16-13-3-4-14(11-5-6-17-9-12(11)13)18-7-8-19-15(20)10-1-2-10/h3-6,9-10,18H,1-2,7-8,16H2,(H,19,20). The van der Waals surface area contributed by atoms with Gasteiger partial charge in [-0.05, 0) is 31.0 Å². The summed E-state index contributed by atoms with van der Waals surface area (Å²) in [6.45, 7) is 1.33. The molecule has 5 nitrogen and oxygen atoms in total. The second-order valence-electron chi connectivity index (χ2n) is 5.12. The lowest BCUT2D eigenvalue weighted by atomic mass is 10.1. The van der Waals surface area contributed by atoms with Gasteiger partial charge >= 0.3 is 0 Å². The molecule has 104 valence electrons. The molecule has 1 amide bonds. The molecule has 1 heterocycles. The molecule has 20 heavy (non-hydrogen) atoms. The van der Waals surface area contributed by atoms with Crippen LogP contribution in [0.3, 0.4) is 0 Å². The highest BCUT2D eigenvalue weighted by atomic mass is 16.2. The summed E-state index contributed by atoms with van der Waals surface area (Å²) in [5, 5.41) is 8.26. The largest absolute Gasteiger partial charge is 0.398 e. The molecule has 0 bridgehead atoms. The first kappa shape index (κ1) is 12.7. The van der Waals surface area contributed by atoms with Gasteiger partial charge in [-0.1, -0.05) is 0 Å². The first-order valence-corrected chi connectivity index (χ1v) is 6.89. The fraction of sp³-hybridized carbons (Fsp3) is 0.333. The van der Waals surface area contributed by atoms with Gasteiger partial charge in [0.2, 0.25) is 5.91 Å². The number of carbonyl (C=O) groups excluding carboxylic acids is 1. The molecule has 0 aliphatic heterocycles. The zero-order valence-electron chi connectivity index (χ0n) is 11.2. The van der Waals surface area contributed by atoms with Crippen LogP contribution in [0.2, 0.25) is 0 Å². The van der Waals surface area contributed by atoms with E-state index in [0.717, 1.165) is 35.0 Å². The van der Waals surface area contributed by atoms with Gasteiger partial charge in [0.25, 0.3) is 0 Å². The Morgan fingerprint density at radius 3 is 2.90 bits per heavy atom. The molecule has 1 aromatic heterocycles. The van der Waals surface area contributed by atoms with Crippen LogP contribution in [0.15, 0.2) is 30.6 Å². The van der Waals surface area contributed by atoms with Crippen molar-refractivity contribution in [3.05, 3.63) is 30.6 Å². The maximum absolute atomic E-state index is 11.5. The third-order valence-corrected chi connectivity index (χ3v) is 3.54. The average molecular weight is 270 g/mol. The smallest absolute Gasteiger partial charge is 0.223 e. The molecule has 0 unspecified atom stereocenters. The second-order valence-corrected chi connectivity index (χ2v) is 5.12. The van der Waals surface area contributed by atoms with E-state index in [1.54, 1.807) is 12.4 Å². The van der Waals surface area contributed by atoms with E-state index in [4.69, 9.17) is 5.73 Å². The van der Waals surface area contributed by atoms with Crippen LogP contribution in [-0.4, -0.2) is 24.0 Å². The number of carbonyl (C=O) groups is 1. The molecule has 0 radical (unpaired) electrons. The molecule has 2 aromatic rings. The fourth-order valence-corrected chi connectivity index (χ4v) is 2.24. The van der Waals surface area contributed by atoms with Crippen molar-refractivity contribution in [1.29, 1.82) is 0 Å². The van der Waals surface area contributed by atoms with Crippen molar-refractivity contribution in [2.75, 3.05) is 24.1 Å². The number of hydrogen-bond donors (Lipinski definition) is 3. The van der Waals surface area contributed by atoms with Gasteiger partial charge in [-0.2, -0.15) is 0 Å². The summed E-state index contributed by atoms with van der Waals surface area (Å²) < 4.78 is 0. The van der Waals surface area contributed by atoms with Gasteiger partial charge < -0.3 is 16.4 Å². The SMILES string of the molecule is Nc1ccc(NCCNC(=O)C2CC2)c2ccncc12. The van der Waals surface area contributed by atoms with Gasteiger partial charge in [0.1, 0.15) is 0 Å². The van der Waals surface area contributed by atoms with E-state index >= 15 is 0 Å². The number of nitrogen functional groups attached to an aromatic ring is 1. The van der Waals surface area contributed by atoms with Crippen molar-refractivity contribution >= 4 is 28.1 Å². The number of nitrogens with one attached hydrogen (secondary N) is 2. The van der Waals surface area contributed by atoms with Gasteiger partial charge in [-0.3, -0.25) is 9.78 Å². The van der Waals surface area contributed by atoms with Crippen LogP contribution in [0.25, 0.3) is 10.8 Å². The third kappa shape index (κ3) is 2.66. The number of aromatic nitrogens is 1. The fourth-order valence-electron chi connectivity index (χ4n) is 2.24. The van der Waals surface area contributed by atoms with Crippen LogP contribution in [0.5, 0.6) is 0 Å². The summed E-state index contributed by atoms with van der Waals surface area (Å²) in [5.74, 6) is 0.441. The number of hydrogen-bond acceptors (Lipinski definition) is 4. The summed E-state index contributed by atoms with van der Waals surface area (Å²) in [5.41, 5.74) is 7.67. The van der Waals surface area contributed by atoms with Gasteiger partial charge in [0.15, 0.2) is 0 Å². The molecule has 4 N–H and O–H groups in total. The van der Waals surface area contributed by atoms with Crippen molar-refractivity contribution in [2.45, 2.75) is 12.8 Å². The molecule has 1 saturated carbocycles. The number of amides is 1. The predicted octanol–water partition coefficient (Wildman–Crippen LogP) is 1.76. The minimum atomic E-state index is 0.179. The van der Waals surface area contributed by atoms with Gasteiger partial charge in [-0.25, -0.2) is 0 Å². The van der Waals surface area contributed by atoms with Crippen LogP contribution in [0, 0.1) is 5.92 Å². The number of rotatable bonds is 5. The van der Waals surface area contributed by atoms with Crippen molar-refractivity contribution in [3.63, 3.8) is 0 Å². The van der Waals surface area contributed by atoms with E-state index in [0.29, 0.717) is 13.1 Å². The summed E-state index contributed by atoms with van der Waals surface area (Å²) in [6.07, 6.45) is 5.59. The lowest BCUT2D eigenvalue weighted by Crippen LogP contribution is -2.29. The van der Waals surface area contributed by atoms with Crippen molar-refractivity contribution in [1.82, 2.24) is 10.3 Å². The Labute approximate surface area is 117 Å². The Hall–Kier alpha value is -2.30. The number of nitrogens with two attached hydrogens (primary N) is 1. The molecule has 1 aliphatic rings. The average Bonchev–Trinajstić information content (AvgIpc) is 3.30. The number of fused-ring (bicyclic) bond motifs is 1. The Bertz CT molecular complexity index is 637. The Morgan fingerprint density at radius 1 is 1.25 bits per heavy atom. The first-order chi connectivity index (χ1) is 9.75. The van der Waals surface area contributed by atoms with Crippen molar-refractivity contribution in [3.8, 4) is 0 Å². The minimum Gasteiger partial charge on any atom is -0.398 e. The topological polar surface area (TPSA) is 80.0 Å². The van der Waals surface area contributed by atoms with Crippen LogP contribution >= 0.6 is 0 Å². The quantitative estimate of drug-likeness (QED) is 0.571. The van der Waals surface area contributed by atoms with E-state index in [1.165, 1.54) is 0 Å². The van der Waals surface area contributed by atoms with E-state index in [-0.39, 0.29) is 11.8 Å². The van der Waals surface area contributed by atoms with Crippen LogP contribution in [0.4, 0.5) is 11.4 Å². The molecule has 0 saturated heterocycles. The molecule has 1 aromatic carbocycles. The van der Waals surface area contributed by atoms with Gasteiger partial charge in [0.05, 0.1) is 0 Å². The Kier molecular flexibility index (Phi) is 3.41. The molecule has 0 atom stereocenters. The highest BCUT2D eigenvalue weighted by molar-refractivity contribution is 6.00. The minimum absolute atomic E-state index is 0.179. The molecule has 0 spiro atoms. The van der Waals surface area contributed by atoms with Crippen molar-refractivity contribution in [2.24, 2.45) is 5.92 Å². The van der Waals surface area contributed by atoms with Gasteiger partial charge in [-0.15, -0.1) is 0 Å². The maximum Gasteiger partial charge on any atom is 0.223 e. The predicted molar refractivity (Wildman–Crippen MR) is 80.4 cm³/mol. The van der Waals surface area contributed by atoms with Crippen LogP contribution in [0.1, 0.15) is 12.8 Å². The molecule has 3 rings (SSSR count). The number of pyridine rings is 1. The lowest BCUT2D eigenvalue weighted by molar-refractivity contribution is -0.122. The molecule has 1 fully saturated rings. The number of anilines is 2. The molecule has 5 heteroatoms. The Balaban J connectivity index is 1.62. The summed E-state index contributed by atoms with van der Waals surface area (Å²) in [4.78, 5) is 15.6.